The zero-order valence-corrected chi connectivity index (χ0v) is 11.2. The Morgan fingerprint density at radius 1 is 1.22 bits per heavy atom. The van der Waals surface area contributed by atoms with Crippen LogP contribution in [0, 0.1) is 13.8 Å². The van der Waals surface area contributed by atoms with Crippen molar-refractivity contribution in [2.24, 2.45) is 0 Å². The summed E-state index contributed by atoms with van der Waals surface area (Å²) in [5.41, 5.74) is 9.21. The highest BCUT2D eigenvalue weighted by Gasteiger charge is 2.07. The van der Waals surface area contributed by atoms with Gasteiger partial charge in [-0.25, -0.2) is 4.98 Å². The Balaban J connectivity index is 2.19. The molecule has 0 aliphatic carbocycles. The quantitative estimate of drug-likeness (QED) is 0.861. The van der Waals surface area contributed by atoms with Crippen LogP contribution in [0.3, 0.4) is 0 Å². The van der Waals surface area contributed by atoms with Gasteiger partial charge in [-0.1, -0.05) is 23.7 Å². The smallest absolute Gasteiger partial charge is 0.216 e. The first-order valence-corrected chi connectivity index (χ1v) is 6.05. The van der Waals surface area contributed by atoms with E-state index < -0.39 is 0 Å². The van der Waals surface area contributed by atoms with Crippen molar-refractivity contribution in [1.82, 2.24) is 4.98 Å². The Labute approximate surface area is 112 Å². The lowest BCUT2D eigenvalue weighted by Crippen LogP contribution is -2.03. The number of hydrogen-bond donors (Lipinski definition) is 1. The third-order valence-electron chi connectivity index (χ3n) is 2.70. The highest BCUT2D eigenvalue weighted by molar-refractivity contribution is 6.31. The molecule has 3 nitrogen and oxygen atoms in total. The van der Waals surface area contributed by atoms with Crippen molar-refractivity contribution in [1.29, 1.82) is 0 Å². The molecule has 2 aromatic rings. The second-order valence-electron chi connectivity index (χ2n) is 4.17. The van der Waals surface area contributed by atoms with Gasteiger partial charge in [0.25, 0.3) is 0 Å². The Morgan fingerprint density at radius 2 is 2.00 bits per heavy atom. The summed E-state index contributed by atoms with van der Waals surface area (Å²) in [6, 6.07) is 9.35. The van der Waals surface area contributed by atoms with Crippen molar-refractivity contribution in [3.05, 3.63) is 52.2 Å². The van der Waals surface area contributed by atoms with Crippen LogP contribution in [0.5, 0.6) is 5.88 Å². The lowest BCUT2D eigenvalue weighted by molar-refractivity contribution is 0.292. The van der Waals surface area contributed by atoms with Crippen LogP contribution in [-0.2, 0) is 6.61 Å². The number of aromatic nitrogens is 1. The van der Waals surface area contributed by atoms with E-state index in [1.54, 1.807) is 12.1 Å². The molecule has 94 valence electrons. The van der Waals surface area contributed by atoms with Gasteiger partial charge in [0.15, 0.2) is 0 Å². The lowest BCUT2D eigenvalue weighted by Gasteiger charge is -2.11. The molecule has 0 aliphatic heterocycles. The zero-order valence-electron chi connectivity index (χ0n) is 10.4. The second-order valence-corrected chi connectivity index (χ2v) is 4.58. The van der Waals surface area contributed by atoms with Crippen molar-refractivity contribution in [2.75, 3.05) is 5.73 Å². The number of rotatable bonds is 3. The number of nitrogens with two attached hydrogens (primary N) is 1. The normalized spacial score (nSPS) is 10.4. The minimum Gasteiger partial charge on any atom is -0.472 e. The van der Waals surface area contributed by atoms with E-state index in [2.05, 4.69) is 4.98 Å². The molecule has 0 saturated heterocycles. The monoisotopic (exact) mass is 262 g/mol. The molecule has 0 radical (unpaired) electrons. The minimum absolute atomic E-state index is 0.322. The van der Waals surface area contributed by atoms with E-state index in [-0.39, 0.29) is 0 Å². The van der Waals surface area contributed by atoms with Crippen molar-refractivity contribution in [3.63, 3.8) is 0 Å². The van der Waals surface area contributed by atoms with Gasteiger partial charge >= 0.3 is 0 Å². The molecule has 0 spiro atoms. The molecule has 0 unspecified atom stereocenters. The summed E-state index contributed by atoms with van der Waals surface area (Å²) >= 11 is 6.09. The molecule has 0 fully saturated rings. The Morgan fingerprint density at radius 3 is 2.72 bits per heavy atom. The highest BCUT2D eigenvalue weighted by Crippen LogP contribution is 2.24. The first kappa shape index (κ1) is 12.7. The van der Waals surface area contributed by atoms with E-state index in [0.29, 0.717) is 23.2 Å². The molecule has 0 aliphatic rings. The van der Waals surface area contributed by atoms with E-state index in [1.165, 1.54) is 0 Å². The van der Waals surface area contributed by atoms with Crippen molar-refractivity contribution in [2.45, 2.75) is 20.5 Å². The first-order chi connectivity index (χ1) is 8.58. The van der Waals surface area contributed by atoms with Crippen molar-refractivity contribution < 1.29 is 4.74 Å². The Kier molecular flexibility index (Phi) is 3.72. The number of pyridine rings is 1. The van der Waals surface area contributed by atoms with E-state index in [1.807, 2.05) is 32.0 Å². The van der Waals surface area contributed by atoms with Crippen LogP contribution in [0.15, 0.2) is 30.3 Å². The topological polar surface area (TPSA) is 48.1 Å². The van der Waals surface area contributed by atoms with E-state index in [4.69, 9.17) is 22.1 Å². The molecule has 18 heavy (non-hydrogen) atoms. The number of nitrogen functional groups attached to an aromatic ring is 1. The van der Waals surface area contributed by atoms with Gasteiger partial charge < -0.3 is 10.5 Å². The van der Waals surface area contributed by atoms with Gasteiger partial charge in [0, 0.05) is 27.5 Å². The van der Waals surface area contributed by atoms with Crippen LogP contribution < -0.4 is 10.5 Å². The number of benzene rings is 1. The van der Waals surface area contributed by atoms with E-state index >= 15 is 0 Å². The third kappa shape index (κ3) is 2.74. The molecule has 1 aromatic heterocycles. The van der Waals surface area contributed by atoms with Crippen LogP contribution in [-0.4, -0.2) is 4.98 Å². The van der Waals surface area contributed by atoms with Gasteiger partial charge in [0.05, 0.1) is 0 Å². The molecule has 0 saturated carbocycles. The average Bonchev–Trinajstić information content (AvgIpc) is 2.33. The number of ether oxygens (including phenoxy) is 1. The largest absolute Gasteiger partial charge is 0.472 e. The molecule has 0 atom stereocenters. The minimum atomic E-state index is 0.322. The van der Waals surface area contributed by atoms with Crippen molar-refractivity contribution >= 4 is 17.3 Å². The molecule has 2 rings (SSSR count). The fourth-order valence-corrected chi connectivity index (χ4v) is 1.85. The summed E-state index contributed by atoms with van der Waals surface area (Å²) in [5.74, 6) is 0.620. The number of aryl methyl sites for hydroxylation is 2. The number of anilines is 1. The maximum atomic E-state index is 6.09. The fourth-order valence-electron chi connectivity index (χ4n) is 1.62. The summed E-state index contributed by atoms with van der Waals surface area (Å²) in [7, 11) is 0. The van der Waals surface area contributed by atoms with Crippen LogP contribution in [0.2, 0.25) is 5.02 Å². The molecular formula is C14H15ClN2O. The highest BCUT2D eigenvalue weighted by atomic mass is 35.5. The van der Waals surface area contributed by atoms with Gasteiger partial charge in [-0.05, 0) is 32.0 Å². The molecule has 2 N–H and O–H groups in total. The molecule has 0 bridgehead atoms. The van der Waals surface area contributed by atoms with E-state index in [0.717, 1.165) is 16.8 Å². The maximum absolute atomic E-state index is 6.09. The predicted molar refractivity (Wildman–Crippen MR) is 73.9 cm³/mol. The molecule has 0 amide bonds. The van der Waals surface area contributed by atoms with Gasteiger partial charge in [-0.2, -0.15) is 0 Å². The standard InChI is InChI=1S/C14H15ClN2O/c1-9-6-7-10(2)17-14(9)18-8-11-12(15)4-3-5-13(11)16/h3-7H,8,16H2,1-2H3. The lowest BCUT2D eigenvalue weighted by atomic mass is 10.2. The van der Waals surface area contributed by atoms with Crippen molar-refractivity contribution in [3.8, 4) is 5.88 Å². The molecule has 1 heterocycles. The van der Waals surface area contributed by atoms with Crippen LogP contribution in [0.1, 0.15) is 16.8 Å². The van der Waals surface area contributed by atoms with Gasteiger partial charge in [-0.3, -0.25) is 0 Å². The molecular weight excluding hydrogens is 248 g/mol. The number of halogens is 1. The van der Waals surface area contributed by atoms with Gasteiger partial charge in [-0.15, -0.1) is 0 Å². The third-order valence-corrected chi connectivity index (χ3v) is 3.05. The number of hydrogen-bond acceptors (Lipinski definition) is 3. The summed E-state index contributed by atoms with van der Waals surface area (Å²) in [6.07, 6.45) is 0. The first-order valence-electron chi connectivity index (χ1n) is 5.68. The van der Waals surface area contributed by atoms with E-state index in [9.17, 15) is 0 Å². The Bertz CT molecular complexity index is 549. The van der Waals surface area contributed by atoms with Crippen LogP contribution >= 0.6 is 11.6 Å². The summed E-state index contributed by atoms with van der Waals surface area (Å²) < 4.78 is 5.69. The fraction of sp³-hybridized carbons (Fsp3) is 0.214. The average molecular weight is 263 g/mol. The number of nitrogens with zero attached hydrogens (tertiary/aromatic N) is 1. The van der Waals surface area contributed by atoms with Gasteiger partial charge in [0.1, 0.15) is 6.61 Å². The molecule has 1 aromatic carbocycles. The zero-order chi connectivity index (χ0) is 13.1. The predicted octanol–water partition coefficient (Wildman–Crippen LogP) is 3.51. The molecule has 4 heteroatoms. The summed E-state index contributed by atoms with van der Waals surface area (Å²) in [4.78, 5) is 4.34. The van der Waals surface area contributed by atoms with Crippen LogP contribution in [0.4, 0.5) is 5.69 Å². The maximum Gasteiger partial charge on any atom is 0.216 e. The van der Waals surface area contributed by atoms with Gasteiger partial charge in [0.2, 0.25) is 5.88 Å². The second kappa shape index (κ2) is 5.27. The Hall–Kier alpha value is -1.74. The van der Waals surface area contributed by atoms with Crippen LogP contribution in [0.25, 0.3) is 0 Å². The SMILES string of the molecule is Cc1ccc(C)c(OCc2c(N)cccc2Cl)n1. The summed E-state index contributed by atoms with van der Waals surface area (Å²) in [6.45, 7) is 4.21. The summed E-state index contributed by atoms with van der Waals surface area (Å²) in [5, 5.41) is 0.611.